The maximum absolute atomic E-state index is 12.4. The fourth-order valence-electron chi connectivity index (χ4n) is 0.689. The lowest BCUT2D eigenvalue weighted by Crippen LogP contribution is -2.04. The van der Waals surface area contributed by atoms with Gasteiger partial charge in [-0.2, -0.15) is 9.65 Å². The van der Waals surface area contributed by atoms with E-state index >= 15 is 0 Å². The third kappa shape index (κ3) is 1.37. The van der Waals surface area contributed by atoms with E-state index in [2.05, 4.69) is 4.98 Å². The van der Waals surface area contributed by atoms with Crippen LogP contribution in [-0.4, -0.2) is 16.1 Å². The van der Waals surface area contributed by atoms with Crippen molar-refractivity contribution < 1.29 is 14.3 Å². The average molecular weight is 166 g/mol. The summed E-state index contributed by atoms with van der Waals surface area (Å²) in [6, 6.07) is 3.60. The van der Waals surface area contributed by atoms with Gasteiger partial charge in [0.05, 0.1) is 5.56 Å². The van der Waals surface area contributed by atoms with E-state index in [0.29, 0.717) is 0 Å². The Balaban J connectivity index is 3.34. The normalized spacial score (nSPS) is 9.00. The summed E-state index contributed by atoms with van der Waals surface area (Å²) in [6.07, 6.45) is 0. The van der Waals surface area contributed by atoms with Crippen LogP contribution in [0.25, 0.3) is 0 Å². The van der Waals surface area contributed by atoms with Crippen LogP contribution in [0.1, 0.15) is 16.1 Å². The van der Waals surface area contributed by atoms with E-state index in [0.717, 1.165) is 12.1 Å². The molecule has 1 heterocycles. The molecule has 1 aromatic rings. The molecule has 60 valence electrons. The summed E-state index contributed by atoms with van der Waals surface area (Å²) in [4.78, 5) is 13.4. The lowest BCUT2D eigenvalue weighted by atomic mass is 10.2. The van der Waals surface area contributed by atoms with Gasteiger partial charge in [0.2, 0.25) is 5.95 Å². The number of rotatable bonds is 1. The standard InChI is InChI=1S/C7H3FN2O2/c8-5-2-1-4(3-9)6(10-5)7(11)12/h1-2H,(H,11,12). The molecular weight excluding hydrogens is 163 g/mol. The molecule has 5 heteroatoms. The minimum atomic E-state index is -1.41. The summed E-state index contributed by atoms with van der Waals surface area (Å²) in [5.74, 6) is -2.32. The molecule has 0 fully saturated rings. The fraction of sp³-hybridized carbons (Fsp3) is 0. The number of nitriles is 1. The summed E-state index contributed by atoms with van der Waals surface area (Å²) in [5.41, 5.74) is -0.707. The van der Waals surface area contributed by atoms with Crippen molar-refractivity contribution in [2.24, 2.45) is 0 Å². The number of carbonyl (C=O) groups is 1. The highest BCUT2D eigenvalue weighted by Gasteiger charge is 2.12. The van der Waals surface area contributed by atoms with Crippen molar-refractivity contribution in [1.82, 2.24) is 4.98 Å². The summed E-state index contributed by atoms with van der Waals surface area (Å²) < 4.78 is 12.4. The third-order valence-electron chi connectivity index (χ3n) is 1.18. The van der Waals surface area contributed by atoms with Crippen LogP contribution in [0.15, 0.2) is 12.1 Å². The van der Waals surface area contributed by atoms with E-state index in [1.807, 2.05) is 0 Å². The van der Waals surface area contributed by atoms with Gasteiger partial charge in [0.25, 0.3) is 0 Å². The molecule has 0 unspecified atom stereocenters. The molecule has 1 rings (SSSR count). The summed E-state index contributed by atoms with van der Waals surface area (Å²) in [6.45, 7) is 0. The van der Waals surface area contributed by atoms with E-state index in [1.54, 1.807) is 6.07 Å². The molecule has 0 radical (unpaired) electrons. The van der Waals surface area contributed by atoms with Gasteiger partial charge in [-0.3, -0.25) is 0 Å². The number of pyridine rings is 1. The van der Waals surface area contributed by atoms with Gasteiger partial charge >= 0.3 is 5.97 Å². The van der Waals surface area contributed by atoms with Crippen LogP contribution in [0.5, 0.6) is 0 Å². The predicted molar refractivity (Wildman–Crippen MR) is 35.9 cm³/mol. The van der Waals surface area contributed by atoms with E-state index in [9.17, 15) is 9.18 Å². The SMILES string of the molecule is N#Cc1ccc(F)nc1C(=O)O. The number of nitrogens with zero attached hydrogens (tertiary/aromatic N) is 2. The number of halogens is 1. The molecule has 1 aromatic heterocycles. The van der Waals surface area contributed by atoms with Crippen molar-refractivity contribution in [3.05, 3.63) is 29.3 Å². The molecule has 0 amide bonds. The first-order chi connectivity index (χ1) is 5.65. The van der Waals surface area contributed by atoms with E-state index in [4.69, 9.17) is 10.4 Å². The van der Waals surface area contributed by atoms with Crippen LogP contribution in [0, 0.1) is 17.3 Å². The number of hydrogen-bond donors (Lipinski definition) is 1. The summed E-state index contributed by atoms with van der Waals surface area (Å²) in [5, 5.41) is 16.8. The Labute approximate surface area is 66.9 Å². The predicted octanol–water partition coefficient (Wildman–Crippen LogP) is 0.791. The van der Waals surface area contributed by atoms with Crippen molar-refractivity contribution in [1.29, 1.82) is 5.26 Å². The van der Waals surface area contributed by atoms with Crippen LogP contribution in [0.2, 0.25) is 0 Å². The molecular formula is C7H3FN2O2. The number of carboxylic acid groups (broad SMARTS) is 1. The first-order valence-electron chi connectivity index (χ1n) is 2.95. The summed E-state index contributed by atoms with van der Waals surface area (Å²) in [7, 11) is 0. The second kappa shape index (κ2) is 2.96. The zero-order valence-electron chi connectivity index (χ0n) is 5.78. The average Bonchev–Trinajstić information content (AvgIpc) is 2.04. The van der Waals surface area contributed by atoms with Crippen LogP contribution < -0.4 is 0 Å². The second-order valence-electron chi connectivity index (χ2n) is 1.95. The van der Waals surface area contributed by atoms with Gasteiger partial charge in [0, 0.05) is 0 Å². The molecule has 0 aliphatic rings. The Hall–Kier alpha value is -1.96. The number of aromatic nitrogens is 1. The van der Waals surface area contributed by atoms with Crippen molar-refractivity contribution >= 4 is 5.97 Å². The zero-order chi connectivity index (χ0) is 9.14. The van der Waals surface area contributed by atoms with Crippen molar-refractivity contribution in [2.75, 3.05) is 0 Å². The first kappa shape index (κ1) is 8.14. The maximum atomic E-state index is 12.4. The van der Waals surface area contributed by atoms with Crippen molar-refractivity contribution in [3.63, 3.8) is 0 Å². The van der Waals surface area contributed by atoms with Crippen LogP contribution in [-0.2, 0) is 0 Å². The number of hydrogen-bond acceptors (Lipinski definition) is 3. The lowest BCUT2D eigenvalue weighted by molar-refractivity contribution is 0.0688. The minimum absolute atomic E-state index is 0.149. The second-order valence-corrected chi connectivity index (χ2v) is 1.95. The fourth-order valence-corrected chi connectivity index (χ4v) is 0.689. The first-order valence-corrected chi connectivity index (χ1v) is 2.95. The molecule has 12 heavy (non-hydrogen) atoms. The highest BCUT2D eigenvalue weighted by atomic mass is 19.1. The van der Waals surface area contributed by atoms with Crippen molar-refractivity contribution in [2.45, 2.75) is 0 Å². The van der Waals surface area contributed by atoms with Gasteiger partial charge < -0.3 is 5.11 Å². The summed E-state index contributed by atoms with van der Waals surface area (Å²) >= 11 is 0. The molecule has 0 atom stereocenters. The molecule has 0 aliphatic heterocycles. The molecule has 0 saturated carbocycles. The number of aromatic carboxylic acids is 1. The van der Waals surface area contributed by atoms with E-state index < -0.39 is 17.6 Å². The molecule has 0 spiro atoms. The van der Waals surface area contributed by atoms with Gasteiger partial charge in [0.15, 0.2) is 5.69 Å². The molecule has 0 aromatic carbocycles. The smallest absolute Gasteiger partial charge is 0.355 e. The molecule has 1 N–H and O–H groups in total. The monoisotopic (exact) mass is 166 g/mol. The van der Waals surface area contributed by atoms with Crippen molar-refractivity contribution in [3.8, 4) is 6.07 Å². The van der Waals surface area contributed by atoms with Crippen LogP contribution >= 0.6 is 0 Å². The van der Waals surface area contributed by atoms with Crippen LogP contribution in [0.3, 0.4) is 0 Å². The third-order valence-corrected chi connectivity index (χ3v) is 1.18. The van der Waals surface area contributed by atoms with Gasteiger partial charge in [0.1, 0.15) is 6.07 Å². The van der Waals surface area contributed by atoms with E-state index in [1.165, 1.54) is 0 Å². The maximum Gasteiger partial charge on any atom is 0.355 e. The molecule has 4 nitrogen and oxygen atoms in total. The van der Waals surface area contributed by atoms with Gasteiger partial charge in [-0.1, -0.05) is 0 Å². The highest BCUT2D eigenvalue weighted by molar-refractivity contribution is 5.88. The Bertz CT molecular complexity index is 370. The Kier molecular flexibility index (Phi) is 2.01. The number of carboxylic acids is 1. The molecule has 0 aliphatic carbocycles. The lowest BCUT2D eigenvalue weighted by Gasteiger charge is -1.95. The van der Waals surface area contributed by atoms with E-state index in [-0.39, 0.29) is 5.56 Å². The Morgan fingerprint density at radius 3 is 2.83 bits per heavy atom. The Morgan fingerprint density at radius 1 is 1.67 bits per heavy atom. The van der Waals surface area contributed by atoms with Gasteiger partial charge in [-0.15, -0.1) is 0 Å². The molecule has 0 saturated heterocycles. The minimum Gasteiger partial charge on any atom is -0.476 e. The highest BCUT2D eigenvalue weighted by Crippen LogP contribution is 2.05. The molecule has 0 bridgehead atoms. The zero-order valence-corrected chi connectivity index (χ0v) is 5.78. The quantitative estimate of drug-likeness (QED) is 0.626. The van der Waals surface area contributed by atoms with Gasteiger partial charge in [-0.25, -0.2) is 9.78 Å². The Morgan fingerprint density at radius 2 is 2.33 bits per heavy atom. The largest absolute Gasteiger partial charge is 0.476 e. The van der Waals surface area contributed by atoms with Gasteiger partial charge in [-0.05, 0) is 12.1 Å². The topological polar surface area (TPSA) is 74.0 Å². The van der Waals surface area contributed by atoms with Crippen LogP contribution in [0.4, 0.5) is 4.39 Å².